The molecular formula is C21H24ClN3O2. The third kappa shape index (κ3) is 5.54. The van der Waals surface area contributed by atoms with Gasteiger partial charge in [0.05, 0.1) is 12.5 Å². The molecule has 0 saturated carbocycles. The first-order valence-corrected chi connectivity index (χ1v) is 9.71. The summed E-state index contributed by atoms with van der Waals surface area (Å²) in [6.45, 7) is 1.61. The van der Waals surface area contributed by atoms with Crippen molar-refractivity contribution in [2.45, 2.75) is 31.6 Å². The summed E-state index contributed by atoms with van der Waals surface area (Å²) < 4.78 is 0. The van der Waals surface area contributed by atoms with Crippen molar-refractivity contribution in [1.82, 2.24) is 15.2 Å². The highest BCUT2D eigenvalue weighted by Crippen LogP contribution is 2.23. The smallest absolute Gasteiger partial charge is 0.241 e. The minimum atomic E-state index is -0.390. The minimum Gasteiger partial charge on any atom is -0.346 e. The molecule has 0 bridgehead atoms. The van der Waals surface area contributed by atoms with Gasteiger partial charge in [0.2, 0.25) is 11.8 Å². The van der Waals surface area contributed by atoms with E-state index in [1.54, 1.807) is 24.5 Å². The van der Waals surface area contributed by atoms with E-state index in [2.05, 4.69) is 10.3 Å². The molecule has 1 aliphatic rings. The Bertz CT molecular complexity index is 759. The van der Waals surface area contributed by atoms with E-state index in [9.17, 15) is 9.59 Å². The van der Waals surface area contributed by atoms with Crippen LogP contribution >= 0.6 is 11.6 Å². The molecule has 1 aromatic heterocycles. The molecule has 2 amide bonds. The van der Waals surface area contributed by atoms with Crippen molar-refractivity contribution in [1.29, 1.82) is 0 Å². The average Bonchev–Trinajstić information content (AvgIpc) is 2.72. The second kappa shape index (κ2) is 9.51. The van der Waals surface area contributed by atoms with Crippen LogP contribution in [0.5, 0.6) is 0 Å². The van der Waals surface area contributed by atoms with Crippen molar-refractivity contribution in [2.75, 3.05) is 19.6 Å². The van der Waals surface area contributed by atoms with Gasteiger partial charge in [0.15, 0.2) is 0 Å². The van der Waals surface area contributed by atoms with E-state index in [1.165, 1.54) is 6.42 Å². The number of nitrogens with one attached hydrogen (secondary N) is 1. The van der Waals surface area contributed by atoms with E-state index in [0.717, 1.165) is 37.1 Å². The number of hydrogen-bond donors (Lipinski definition) is 1. The molecule has 0 radical (unpaired) electrons. The van der Waals surface area contributed by atoms with Crippen molar-refractivity contribution in [3.63, 3.8) is 0 Å². The summed E-state index contributed by atoms with van der Waals surface area (Å²) in [6, 6.07) is 11.1. The lowest BCUT2D eigenvalue weighted by atomic mass is 9.91. The van der Waals surface area contributed by atoms with E-state index < -0.39 is 0 Å². The number of carbonyl (C=O) groups excluding carboxylic acids is 2. The SMILES string of the molecule is O=C(NCC(=O)N1CCCCC1)C(Cc1ccncc1)c1ccc(Cl)cc1. The molecular weight excluding hydrogens is 362 g/mol. The van der Waals surface area contributed by atoms with Gasteiger partial charge in [0, 0.05) is 30.5 Å². The Hall–Kier alpha value is -2.40. The maximum absolute atomic E-state index is 12.9. The van der Waals surface area contributed by atoms with Gasteiger partial charge in [0.1, 0.15) is 0 Å². The highest BCUT2D eigenvalue weighted by atomic mass is 35.5. The fourth-order valence-corrected chi connectivity index (χ4v) is 3.48. The molecule has 1 fully saturated rings. The molecule has 3 rings (SSSR count). The van der Waals surface area contributed by atoms with Gasteiger partial charge >= 0.3 is 0 Å². The van der Waals surface area contributed by atoms with Gasteiger partial charge in [-0.3, -0.25) is 14.6 Å². The fourth-order valence-electron chi connectivity index (χ4n) is 3.35. The van der Waals surface area contributed by atoms with E-state index in [4.69, 9.17) is 11.6 Å². The van der Waals surface area contributed by atoms with E-state index >= 15 is 0 Å². The number of amides is 2. The van der Waals surface area contributed by atoms with Crippen LogP contribution in [-0.4, -0.2) is 41.3 Å². The molecule has 0 spiro atoms. The highest BCUT2D eigenvalue weighted by molar-refractivity contribution is 6.30. The number of halogens is 1. The molecule has 1 aromatic carbocycles. The van der Waals surface area contributed by atoms with Crippen LogP contribution in [0, 0.1) is 0 Å². The molecule has 5 nitrogen and oxygen atoms in total. The van der Waals surface area contributed by atoms with E-state index in [0.29, 0.717) is 11.4 Å². The van der Waals surface area contributed by atoms with Crippen molar-refractivity contribution < 1.29 is 9.59 Å². The molecule has 0 aliphatic carbocycles. The van der Waals surface area contributed by atoms with Crippen molar-refractivity contribution >= 4 is 23.4 Å². The van der Waals surface area contributed by atoms with Crippen LogP contribution in [0.1, 0.15) is 36.3 Å². The van der Waals surface area contributed by atoms with Gasteiger partial charge in [-0.05, 0) is 61.1 Å². The van der Waals surface area contributed by atoms with Crippen LogP contribution in [0.4, 0.5) is 0 Å². The zero-order valence-corrected chi connectivity index (χ0v) is 16.0. The molecule has 1 N–H and O–H groups in total. The summed E-state index contributed by atoms with van der Waals surface area (Å²) in [5.74, 6) is -0.555. The number of rotatable bonds is 6. The molecule has 2 heterocycles. The lowest BCUT2D eigenvalue weighted by molar-refractivity contribution is -0.133. The van der Waals surface area contributed by atoms with Crippen LogP contribution < -0.4 is 5.32 Å². The summed E-state index contributed by atoms with van der Waals surface area (Å²) in [6.07, 6.45) is 7.21. The average molecular weight is 386 g/mol. The van der Waals surface area contributed by atoms with Gasteiger partial charge in [-0.15, -0.1) is 0 Å². The first kappa shape index (κ1) is 19.4. The summed E-state index contributed by atoms with van der Waals surface area (Å²) in [7, 11) is 0. The van der Waals surface area contributed by atoms with Crippen molar-refractivity contribution in [3.05, 3.63) is 64.9 Å². The number of aromatic nitrogens is 1. The standard InChI is InChI=1S/C21H24ClN3O2/c22-18-6-4-17(5-7-18)19(14-16-8-10-23-11-9-16)21(27)24-15-20(26)25-12-2-1-3-13-25/h4-11,19H,1-3,12-15H2,(H,24,27). The van der Waals surface area contributed by atoms with Crippen LogP contribution in [-0.2, 0) is 16.0 Å². The molecule has 142 valence electrons. The number of piperidine rings is 1. The molecule has 1 aliphatic heterocycles. The predicted octanol–water partition coefficient (Wildman–Crippen LogP) is 3.19. The largest absolute Gasteiger partial charge is 0.346 e. The zero-order chi connectivity index (χ0) is 19.1. The summed E-state index contributed by atoms with van der Waals surface area (Å²) in [4.78, 5) is 31.1. The van der Waals surface area contributed by atoms with E-state index in [-0.39, 0.29) is 24.3 Å². The number of likely N-dealkylation sites (tertiary alicyclic amines) is 1. The fraction of sp³-hybridized carbons (Fsp3) is 0.381. The number of carbonyl (C=O) groups is 2. The number of nitrogens with zero attached hydrogens (tertiary/aromatic N) is 2. The molecule has 6 heteroatoms. The Morgan fingerprint density at radius 2 is 1.70 bits per heavy atom. The Morgan fingerprint density at radius 3 is 2.37 bits per heavy atom. The van der Waals surface area contributed by atoms with Gasteiger partial charge in [-0.2, -0.15) is 0 Å². The van der Waals surface area contributed by atoms with Gasteiger partial charge in [-0.1, -0.05) is 23.7 Å². The first-order chi connectivity index (χ1) is 13.1. The molecule has 27 heavy (non-hydrogen) atoms. The Labute approximate surface area is 164 Å². The van der Waals surface area contributed by atoms with Crippen LogP contribution in [0.25, 0.3) is 0 Å². The number of pyridine rings is 1. The Morgan fingerprint density at radius 1 is 1.04 bits per heavy atom. The molecule has 1 atom stereocenters. The zero-order valence-electron chi connectivity index (χ0n) is 15.2. The van der Waals surface area contributed by atoms with Gasteiger partial charge in [-0.25, -0.2) is 0 Å². The summed E-state index contributed by atoms with van der Waals surface area (Å²) in [5, 5.41) is 3.46. The second-order valence-corrected chi connectivity index (χ2v) is 7.26. The van der Waals surface area contributed by atoms with Crippen LogP contribution in [0.15, 0.2) is 48.8 Å². The Balaban J connectivity index is 1.68. The molecule has 1 unspecified atom stereocenters. The van der Waals surface area contributed by atoms with Gasteiger partial charge in [0.25, 0.3) is 0 Å². The van der Waals surface area contributed by atoms with Gasteiger partial charge < -0.3 is 10.2 Å². The third-order valence-corrected chi connectivity index (χ3v) is 5.15. The van der Waals surface area contributed by atoms with Crippen LogP contribution in [0.2, 0.25) is 5.02 Å². The monoisotopic (exact) mass is 385 g/mol. The lowest BCUT2D eigenvalue weighted by Gasteiger charge is -2.27. The maximum atomic E-state index is 12.9. The quantitative estimate of drug-likeness (QED) is 0.830. The van der Waals surface area contributed by atoms with Crippen LogP contribution in [0.3, 0.4) is 0 Å². The summed E-state index contributed by atoms with van der Waals surface area (Å²) in [5.41, 5.74) is 1.89. The summed E-state index contributed by atoms with van der Waals surface area (Å²) >= 11 is 5.99. The normalized spacial score (nSPS) is 15.2. The number of benzene rings is 1. The minimum absolute atomic E-state index is 0.0122. The van der Waals surface area contributed by atoms with Crippen molar-refractivity contribution in [2.24, 2.45) is 0 Å². The first-order valence-electron chi connectivity index (χ1n) is 9.33. The maximum Gasteiger partial charge on any atom is 0.241 e. The number of hydrogen-bond acceptors (Lipinski definition) is 3. The lowest BCUT2D eigenvalue weighted by Crippen LogP contribution is -2.43. The third-order valence-electron chi connectivity index (χ3n) is 4.90. The van der Waals surface area contributed by atoms with E-state index in [1.807, 2.05) is 29.2 Å². The topological polar surface area (TPSA) is 62.3 Å². The molecule has 1 saturated heterocycles. The molecule has 2 aromatic rings. The Kier molecular flexibility index (Phi) is 6.82. The highest BCUT2D eigenvalue weighted by Gasteiger charge is 2.23. The predicted molar refractivity (Wildman–Crippen MR) is 106 cm³/mol. The second-order valence-electron chi connectivity index (χ2n) is 6.82. The van der Waals surface area contributed by atoms with Crippen molar-refractivity contribution in [3.8, 4) is 0 Å².